The number of carbonyl (C=O) groups is 2. The number of amides is 1. The minimum absolute atomic E-state index is 0.0193. The van der Waals surface area contributed by atoms with Crippen LogP contribution in [-0.4, -0.2) is 36.7 Å². The van der Waals surface area contributed by atoms with Crippen LogP contribution in [0.4, 0.5) is 5.95 Å². The van der Waals surface area contributed by atoms with E-state index in [1.165, 1.54) is 30.4 Å². The molecule has 0 aliphatic carbocycles. The Morgan fingerprint density at radius 2 is 2.17 bits per heavy atom. The number of carboxylic acids is 1. The number of hydrogen-bond acceptors (Lipinski definition) is 6. The second-order valence-electron chi connectivity index (χ2n) is 4.57. The zero-order valence-electron chi connectivity index (χ0n) is 11.9. The van der Waals surface area contributed by atoms with Gasteiger partial charge >= 0.3 is 5.97 Å². The van der Waals surface area contributed by atoms with Crippen molar-refractivity contribution < 1.29 is 19.1 Å². The second kappa shape index (κ2) is 5.72. The van der Waals surface area contributed by atoms with Crippen molar-refractivity contribution in [1.82, 2.24) is 19.7 Å². The molecule has 3 aromatic heterocycles. The van der Waals surface area contributed by atoms with Gasteiger partial charge in [0.05, 0.1) is 6.26 Å². The zero-order valence-corrected chi connectivity index (χ0v) is 11.9. The molecule has 0 fully saturated rings. The first kappa shape index (κ1) is 14.4. The van der Waals surface area contributed by atoms with E-state index in [1.807, 2.05) is 0 Å². The maximum Gasteiger partial charge on any atom is 0.339 e. The summed E-state index contributed by atoms with van der Waals surface area (Å²) in [5.41, 5.74) is 0.0685. The van der Waals surface area contributed by atoms with Crippen molar-refractivity contribution in [3.8, 4) is 11.5 Å². The van der Waals surface area contributed by atoms with Gasteiger partial charge in [-0.3, -0.25) is 14.8 Å². The highest BCUT2D eigenvalue weighted by Gasteiger charge is 2.21. The van der Waals surface area contributed by atoms with Gasteiger partial charge in [-0.1, -0.05) is 0 Å². The molecule has 116 valence electrons. The lowest BCUT2D eigenvalue weighted by Gasteiger charge is -2.03. The normalized spacial score (nSPS) is 10.5. The lowest BCUT2D eigenvalue weighted by molar-refractivity contribution is 0.0692. The summed E-state index contributed by atoms with van der Waals surface area (Å²) in [6, 6.07) is 5.05. The highest BCUT2D eigenvalue weighted by molar-refractivity contribution is 6.08. The zero-order chi connectivity index (χ0) is 16.4. The quantitative estimate of drug-likeness (QED) is 0.746. The van der Waals surface area contributed by atoms with E-state index in [2.05, 4.69) is 20.4 Å². The summed E-state index contributed by atoms with van der Waals surface area (Å²) in [6.45, 7) is 0. The summed E-state index contributed by atoms with van der Waals surface area (Å²) in [5, 5.41) is 15.4. The fourth-order valence-corrected chi connectivity index (χ4v) is 1.95. The molecule has 2 N–H and O–H groups in total. The van der Waals surface area contributed by atoms with Gasteiger partial charge in [-0.05, 0) is 18.2 Å². The fourth-order valence-electron chi connectivity index (χ4n) is 1.95. The summed E-state index contributed by atoms with van der Waals surface area (Å²) < 4.78 is 6.47. The van der Waals surface area contributed by atoms with Gasteiger partial charge in [0.15, 0.2) is 11.5 Å². The number of carbonyl (C=O) groups excluding carboxylic acids is 1. The average Bonchev–Trinajstić information content (AvgIpc) is 3.16. The molecule has 0 saturated heterocycles. The highest BCUT2D eigenvalue weighted by Crippen LogP contribution is 2.18. The van der Waals surface area contributed by atoms with Crippen LogP contribution in [0.15, 0.2) is 41.3 Å². The van der Waals surface area contributed by atoms with Crippen LogP contribution in [0.1, 0.15) is 20.8 Å². The summed E-state index contributed by atoms with van der Waals surface area (Å²) >= 11 is 0. The molecule has 9 nitrogen and oxygen atoms in total. The molecule has 0 aliphatic heterocycles. The molecule has 0 aromatic carbocycles. The SMILES string of the molecule is Cn1cc(C(=O)O)c(C(=O)Nc2nccc(-c3ccco3)n2)n1. The van der Waals surface area contributed by atoms with E-state index in [-0.39, 0.29) is 17.2 Å². The molecule has 0 saturated carbocycles. The Balaban J connectivity index is 1.86. The molecule has 3 heterocycles. The number of aromatic carboxylic acids is 1. The Morgan fingerprint density at radius 1 is 1.35 bits per heavy atom. The minimum atomic E-state index is -1.24. The number of aromatic nitrogens is 4. The van der Waals surface area contributed by atoms with Crippen LogP contribution in [0.25, 0.3) is 11.5 Å². The molecule has 3 aromatic rings. The molecular formula is C14H11N5O4. The van der Waals surface area contributed by atoms with E-state index < -0.39 is 11.9 Å². The Bertz CT molecular complexity index is 869. The Hall–Kier alpha value is -3.49. The highest BCUT2D eigenvalue weighted by atomic mass is 16.4. The Labute approximate surface area is 129 Å². The van der Waals surface area contributed by atoms with E-state index in [4.69, 9.17) is 9.52 Å². The van der Waals surface area contributed by atoms with Crippen LogP contribution < -0.4 is 5.32 Å². The van der Waals surface area contributed by atoms with Crippen LogP contribution in [0.2, 0.25) is 0 Å². The van der Waals surface area contributed by atoms with E-state index in [1.54, 1.807) is 18.2 Å². The number of aryl methyl sites for hydroxylation is 1. The van der Waals surface area contributed by atoms with Gasteiger partial charge in [0.1, 0.15) is 11.3 Å². The van der Waals surface area contributed by atoms with E-state index in [0.717, 1.165) is 0 Å². The second-order valence-corrected chi connectivity index (χ2v) is 4.57. The molecule has 0 spiro atoms. The summed E-state index contributed by atoms with van der Waals surface area (Å²) in [5.74, 6) is -1.41. The largest absolute Gasteiger partial charge is 0.478 e. The topological polar surface area (TPSA) is 123 Å². The molecule has 3 rings (SSSR count). The van der Waals surface area contributed by atoms with Gasteiger partial charge < -0.3 is 9.52 Å². The van der Waals surface area contributed by atoms with Crippen molar-refractivity contribution in [2.75, 3.05) is 5.32 Å². The van der Waals surface area contributed by atoms with Crippen LogP contribution in [0, 0.1) is 0 Å². The smallest absolute Gasteiger partial charge is 0.339 e. The third-order valence-electron chi connectivity index (χ3n) is 2.93. The number of rotatable bonds is 4. The molecular weight excluding hydrogens is 302 g/mol. The Morgan fingerprint density at radius 3 is 2.87 bits per heavy atom. The van der Waals surface area contributed by atoms with Crippen molar-refractivity contribution in [2.24, 2.45) is 7.05 Å². The number of anilines is 1. The van der Waals surface area contributed by atoms with Crippen molar-refractivity contribution in [3.63, 3.8) is 0 Å². The van der Waals surface area contributed by atoms with Gasteiger partial charge in [0.2, 0.25) is 5.95 Å². The summed E-state index contributed by atoms with van der Waals surface area (Å²) in [4.78, 5) is 31.4. The first-order valence-electron chi connectivity index (χ1n) is 6.50. The molecule has 23 heavy (non-hydrogen) atoms. The number of nitrogens with one attached hydrogen (secondary N) is 1. The van der Waals surface area contributed by atoms with Gasteiger partial charge in [-0.2, -0.15) is 5.10 Å². The predicted octanol–water partition coefficient (Wildman–Crippen LogP) is 1.42. The van der Waals surface area contributed by atoms with Crippen molar-refractivity contribution in [1.29, 1.82) is 0 Å². The van der Waals surface area contributed by atoms with Gasteiger partial charge in [0.25, 0.3) is 5.91 Å². The lowest BCUT2D eigenvalue weighted by atomic mass is 10.2. The summed E-state index contributed by atoms with van der Waals surface area (Å²) in [6.07, 6.45) is 4.21. The van der Waals surface area contributed by atoms with E-state index in [0.29, 0.717) is 11.5 Å². The van der Waals surface area contributed by atoms with E-state index >= 15 is 0 Å². The van der Waals surface area contributed by atoms with E-state index in [9.17, 15) is 9.59 Å². The molecule has 0 aliphatic rings. The van der Waals surface area contributed by atoms with Crippen LogP contribution in [0.5, 0.6) is 0 Å². The third kappa shape index (κ3) is 2.93. The molecule has 9 heteroatoms. The van der Waals surface area contributed by atoms with Crippen molar-refractivity contribution in [2.45, 2.75) is 0 Å². The fraction of sp³-hybridized carbons (Fsp3) is 0.0714. The molecule has 0 radical (unpaired) electrons. The van der Waals surface area contributed by atoms with Gasteiger partial charge in [0, 0.05) is 19.4 Å². The standard InChI is InChI=1S/C14H11N5O4/c1-19-7-8(13(21)22)11(18-19)12(20)17-14-15-5-4-9(16-14)10-3-2-6-23-10/h2-7H,1H3,(H,21,22)(H,15,16,17,20). The Kier molecular flexibility index (Phi) is 3.59. The maximum atomic E-state index is 12.2. The van der Waals surface area contributed by atoms with Gasteiger partial charge in [-0.25, -0.2) is 14.8 Å². The maximum absolute atomic E-state index is 12.2. The number of hydrogen-bond donors (Lipinski definition) is 2. The lowest BCUT2D eigenvalue weighted by Crippen LogP contribution is -2.18. The third-order valence-corrected chi connectivity index (χ3v) is 2.93. The molecule has 0 atom stereocenters. The number of furan rings is 1. The minimum Gasteiger partial charge on any atom is -0.478 e. The first-order valence-corrected chi connectivity index (χ1v) is 6.50. The first-order chi connectivity index (χ1) is 11.0. The van der Waals surface area contributed by atoms with Gasteiger partial charge in [-0.15, -0.1) is 0 Å². The van der Waals surface area contributed by atoms with Crippen molar-refractivity contribution >= 4 is 17.8 Å². The molecule has 0 unspecified atom stereocenters. The predicted molar refractivity (Wildman–Crippen MR) is 77.9 cm³/mol. The van der Waals surface area contributed by atoms with Crippen LogP contribution in [0.3, 0.4) is 0 Å². The number of nitrogens with zero attached hydrogens (tertiary/aromatic N) is 4. The summed E-state index contributed by atoms with van der Waals surface area (Å²) in [7, 11) is 1.53. The van der Waals surface area contributed by atoms with Crippen LogP contribution in [-0.2, 0) is 7.05 Å². The average molecular weight is 313 g/mol. The van der Waals surface area contributed by atoms with Crippen molar-refractivity contribution in [3.05, 3.63) is 48.1 Å². The molecule has 0 bridgehead atoms. The monoisotopic (exact) mass is 313 g/mol. The molecule has 1 amide bonds. The van der Waals surface area contributed by atoms with Crippen LogP contribution >= 0.6 is 0 Å². The number of carboxylic acid groups (broad SMARTS) is 1.